The molecule has 2 aromatic rings. The molecule has 9 heteroatoms. The third-order valence-electron chi connectivity index (χ3n) is 2.28. The van der Waals surface area contributed by atoms with Crippen molar-refractivity contribution in [1.29, 1.82) is 0 Å². The highest BCUT2D eigenvalue weighted by Gasteiger charge is 2.34. The molecule has 0 atom stereocenters. The van der Waals surface area contributed by atoms with Gasteiger partial charge in [0, 0.05) is 31.3 Å². The lowest BCUT2D eigenvalue weighted by Crippen LogP contribution is -2.11. The molecule has 21 heavy (non-hydrogen) atoms. The van der Waals surface area contributed by atoms with Crippen molar-refractivity contribution in [3.05, 3.63) is 41.6 Å². The van der Waals surface area contributed by atoms with E-state index >= 15 is 0 Å². The third kappa shape index (κ3) is 3.77. The van der Waals surface area contributed by atoms with Crippen LogP contribution in [0.5, 0.6) is 11.6 Å². The second-order valence-electron chi connectivity index (χ2n) is 3.87. The molecule has 1 aromatic heterocycles. The van der Waals surface area contributed by atoms with Gasteiger partial charge >= 0.3 is 6.18 Å². The Balaban J connectivity index is 2.39. The summed E-state index contributed by atoms with van der Waals surface area (Å²) >= 11 is 0. The van der Waals surface area contributed by atoms with Gasteiger partial charge in [0.05, 0.1) is 0 Å². The van der Waals surface area contributed by atoms with Crippen molar-refractivity contribution < 1.29 is 26.7 Å². The van der Waals surface area contributed by atoms with Gasteiger partial charge in [-0.3, -0.25) is 0 Å². The fourth-order valence-corrected chi connectivity index (χ4v) is 1.44. The maximum absolute atomic E-state index is 13.0. The Morgan fingerprint density at radius 3 is 2.14 bits per heavy atom. The lowest BCUT2D eigenvalue weighted by molar-refractivity contribution is -0.141. The van der Waals surface area contributed by atoms with Gasteiger partial charge in [-0.2, -0.15) is 18.2 Å². The van der Waals surface area contributed by atoms with Crippen molar-refractivity contribution in [2.75, 3.05) is 12.4 Å². The van der Waals surface area contributed by atoms with E-state index in [-0.39, 0.29) is 11.7 Å². The topological polar surface area (TPSA) is 47.0 Å². The molecule has 0 radical (unpaired) electrons. The zero-order chi connectivity index (χ0) is 15.6. The fraction of sp³-hybridized carbons (Fsp3) is 0.167. The minimum atomic E-state index is -4.71. The molecule has 2 rings (SSSR count). The Hall–Kier alpha value is -2.45. The van der Waals surface area contributed by atoms with Crippen molar-refractivity contribution in [2.45, 2.75) is 6.18 Å². The molecular weight excluding hydrogens is 297 g/mol. The van der Waals surface area contributed by atoms with Crippen LogP contribution in [0, 0.1) is 11.6 Å². The first-order chi connectivity index (χ1) is 9.77. The zero-order valence-electron chi connectivity index (χ0n) is 10.5. The van der Waals surface area contributed by atoms with E-state index in [0.717, 1.165) is 12.1 Å². The maximum Gasteiger partial charge on any atom is 0.433 e. The van der Waals surface area contributed by atoms with Crippen molar-refractivity contribution in [3.63, 3.8) is 0 Å². The van der Waals surface area contributed by atoms with E-state index in [1.807, 2.05) is 0 Å². The number of nitrogens with zero attached hydrogens (tertiary/aromatic N) is 2. The van der Waals surface area contributed by atoms with Gasteiger partial charge in [0.1, 0.15) is 17.4 Å². The molecule has 0 aliphatic heterocycles. The van der Waals surface area contributed by atoms with Gasteiger partial charge in [0.15, 0.2) is 5.69 Å². The van der Waals surface area contributed by atoms with E-state index in [1.54, 1.807) is 0 Å². The predicted molar refractivity (Wildman–Crippen MR) is 63.0 cm³/mol. The van der Waals surface area contributed by atoms with Crippen LogP contribution in [0.1, 0.15) is 5.69 Å². The molecule has 1 aromatic carbocycles. The van der Waals surface area contributed by atoms with Crippen LogP contribution in [0.2, 0.25) is 0 Å². The number of halogens is 5. The molecule has 1 heterocycles. The summed E-state index contributed by atoms with van der Waals surface area (Å²) in [6.07, 6.45) is -4.71. The Labute approximate surface area is 115 Å². The molecule has 0 aliphatic carbocycles. The summed E-state index contributed by atoms with van der Waals surface area (Å²) in [5.41, 5.74) is -1.24. The van der Waals surface area contributed by atoms with Gasteiger partial charge in [-0.1, -0.05) is 0 Å². The summed E-state index contributed by atoms with van der Waals surface area (Å²) < 4.78 is 68.9. The lowest BCUT2D eigenvalue weighted by atomic mass is 10.3. The SMILES string of the molecule is CNc1nc(Oc2cc(F)cc(F)c2)cc(C(F)(F)F)n1. The van der Waals surface area contributed by atoms with Crippen LogP contribution in [-0.4, -0.2) is 17.0 Å². The van der Waals surface area contributed by atoms with Crippen LogP contribution >= 0.6 is 0 Å². The smallest absolute Gasteiger partial charge is 0.433 e. The largest absolute Gasteiger partial charge is 0.439 e. The highest BCUT2D eigenvalue weighted by Crippen LogP contribution is 2.31. The van der Waals surface area contributed by atoms with Crippen molar-refractivity contribution in [1.82, 2.24) is 9.97 Å². The first kappa shape index (κ1) is 14.9. The van der Waals surface area contributed by atoms with E-state index in [1.165, 1.54) is 7.05 Å². The summed E-state index contributed by atoms with van der Waals surface area (Å²) in [5, 5.41) is 2.34. The maximum atomic E-state index is 13.0. The number of hydrogen-bond acceptors (Lipinski definition) is 4. The number of benzene rings is 1. The number of hydrogen-bond donors (Lipinski definition) is 1. The number of anilines is 1. The number of nitrogens with one attached hydrogen (secondary N) is 1. The minimum absolute atomic E-state index is 0.318. The summed E-state index contributed by atoms with van der Waals surface area (Å²) in [4.78, 5) is 6.86. The van der Waals surface area contributed by atoms with Crippen LogP contribution in [0.3, 0.4) is 0 Å². The highest BCUT2D eigenvalue weighted by atomic mass is 19.4. The number of ether oxygens (including phenoxy) is 1. The van der Waals surface area contributed by atoms with Crippen LogP contribution in [0.15, 0.2) is 24.3 Å². The second-order valence-corrected chi connectivity index (χ2v) is 3.87. The van der Waals surface area contributed by atoms with Gasteiger partial charge in [0.25, 0.3) is 0 Å². The molecule has 0 saturated heterocycles. The van der Waals surface area contributed by atoms with Gasteiger partial charge in [0.2, 0.25) is 11.8 Å². The average Bonchev–Trinajstić information content (AvgIpc) is 2.36. The Morgan fingerprint density at radius 2 is 1.62 bits per heavy atom. The molecule has 0 saturated carbocycles. The van der Waals surface area contributed by atoms with Gasteiger partial charge < -0.3 is 10.1 Å². The predicted octanol–water partition coefficient (Wildman–Crippen LogP) is 3.61. The normalized spacial score (nSPS) is 11.3. The quantitative estimate of drug-likeness (QED) is 0.880. The van der Waals surface area contributed by atoms with Crippen molar-refractivity contribution in [2.24, 2.45) is 0 Å². The van der Waals surface area contributed by atoms with Crippen molar-refractivity contribution in [3.8, 4) is 11.6 Å². The lowest BCUT2D eigenvalue weighted by Gasteiger charge is -2.11. The monoisotopic (exact) mass is 305 g/mol. The first-order valence-corrected chi connectivity index (χ1v) is 5.56. The third-order valence-corrected chi connectivity index (χ3v) is 2.28. The molecule has 0 aliphatic rings. The van der Waals surface area contributed by atoms with E-state index in [0.29, 0.717) is 12.1 Å². The van der Waals surface area contributed by atoms with Crippen LogP contribution in [0.25, 0.3) is 0 Å². The highest BCUT2D eigenvalue weighted by molar-refractivity contribution is 5.34. The van der Waals surface area contributed by atoms with Crippen LogP contribution < -0.4 is 10.1 Å². The van der Waals surface area contributed by atoms with Gasteiger partial charge in [-0.25, -0.2) is 13.8 Å². The zero-order valence-corrected chi connectivity index (χ0v) is 10.5. The van der Waals surface area contributed by atoms with E-state index < -0.39 is 29.4 Å². The van der Waals surface area contributed by atoms with Crippen LogP contribution in [0.4, 0.5) is 27.9 Å². The summed E-state index contributed by atoms with van der Waals surface area (Å²) in [7, 11) is 1.32. The molecule has 0 unspecified atom stereocenters. The molecule has 112 valence electrons. The Bertz CT molecular complexity index is 640. The number of alkyl halides is 3. The molecule has 4 nitrogen and oxygen atoms in total. The summed E-state index contributed by atoms with van der Waals surface area (Å²) in [6, 6.07) is 2.77. The molecule has 1 N–H and O–H groups in total. The van der Waals surface area contributed by atoms with Crippen LogP contribution in [-0.2, 0) is 6.18 Å². The van der Waals surface area contributed by atoms with Crippen molar-refractivity contribution >= 4 is 5.95 Å². The molecule has 0 amide bonds. The van der Waals surface area contributed by atoms with E-state index in [2.05, 4.69) is 15.3 Å². The van der Waals surface area contributed by atoms with E-state index in [4.69, 9.17) is 4.74 Å². The first-order valence-electron chi connectivity index (χ1n) is 5.56. The van der Waals surface area contributed by atoms with E-state index in [9.17, 15) is 22.0 Å². The second kappa shape index (κ2) is 5.51. The molecular formula is C12H8F5N3O. The Kier molecular flexibility index (Phi) is 3.92. The molecule has 0 fully saturated rings. The fourth-order valence-electron chi connectivity index (χ4n) is 1.44. The minimum Gasteiger partial charge on any atom is -0.439 e. The number of aromatic nitrogens is 2. The molecule has 0 bridgehead atoms. The standard InChI is InChI=1S/C12H8F5N3O/c1-18-11-19-9(12(15,16)17)5-10(20-11)21-8-3-6(13)2-7(14)4-8/h2-5H,1H3,(H,18,19,20). The number of rotatable bonds is 3. The summed E-state index contributed by atoms with van der Waals surface area (Å²) in [5.74, 6) is -3.00. The average molecular weight is 305 g/mol. The Morgan fingerprint density at radius 1 is 1.00 bits per heavy atom. The summed E-state index contributed by atoms with van der Waals surface area (Å²) in [6.45, 7) is 0. The van der Waals surface area contributed by atoms with Gasteiger partial charge in [-0.05, 0) is 0 Å². The van der Waals surface area contributed by atoms with Gasteiger partial charge in [-0.15, -0.1) is 0 Å². The molecule has 0 spiro atoms.